The van der Waals surface area contributed by atoms with Crippen LogP contribution in [0.1, 0.15) is 77.2 Å². The number of rotatable bonds is 9. The summed E-state index contributed by atoms with van der Waals surface area (Å²) in [5.74, 6) is 1.79. The Labute approximate surface area is 189 Å². The van der Waals surface area contributed by atoms with Gasteiger partial charge in [-0.2, -0.15) is 0 Å². The summed E-state index contributed by atoms with van der Waals surface area (Å²) < 4.78 is 59.4. The molecule has 32 heavy (non-hydrogen) atoms. The molecule has 0 N–H and O–H groups in total. The van der Waals surface area contributed by atoms with Gasteiger partial charge >= 0.3 is 6.36 Å². The molecular weight excluding hydrogens is 416 g/mol. The van der Waals surface area contributed by atoms with Gasteiger partial charge < -0.3 is 0 Å². The predicted molar refractivity (Wildman–Crippen MR) is 122 cm³/mol. The number of alkyl halides is 4. The minimum absolute atomic E-state index is 0.0332. The minimum atomic E-state index is -4.89. The third-order valence-corrected chi connectivity index (χ3v) is 7.05. The Balaban J connectivity index is 1.59. The number of halogens is 4. The molecule has 2 aliphatic rings. The Hall–Kier alpha value is -1.62. The van der Waals surface area contributed by atoms with Gasteiger partial charge in [0.25, 0.3) is 0 Å². The molecule has 0 aliphatic heterocycles. The molecule has 5 heteroatoms. The zero-order valence-corrected chi connectivity index (χ0v) is 19.2. The Morgan fingerprint density at radius 3 is 2.19 bits per heavy atom. The second-order valence-electron chi connectivity index (χ2n) is 9.98. The van der Waals surface area contributed by atoms with E-state index in [-0.39, 0.29) is 6.42 Å². The van der Waals surface area contributed by atoms with E-state index in [0.717, 1.165) is 43.1 Å². The van der Waals surface area contributed by atoms with Crippen LogP contribution >= 0.6 is 0 Å². The van der Waals surface area contributed by atoms with E-state index in [1.54, 1.807) is 6.08 Å². The summed E-state index contributed by atoms with van der Waals surface area (Å²) in [4.78, 5) is 0. The van der Waals surface area contributed by atoms with Crippen LogP contribution in [0.25, 0.3) is 5.57 Å². The Kier molecular flexibility index (Phi) is 8.60. The molecule has 0 heterocycles. The summed E-state index contributed by atoms with van der Waals surface area (Å²) in [6.07, 6.45) is 6.01. The lowest BCUT2D eigenvalue weighted by Gasteiger charge is -2.37. The highest BCUT2D eigenvalue weighted by Gasteiger charge is 2.48. The first-order valence-electron chi connectivity index (χ1n) is 12.0. The number of hydrogen-bond donors (Lipinski definition) is 0. The molecule has 1 fully saturated rings. The van der Waals surface area contributed by atoms with E-state index in [0.29, 0.717) is 17.9 Å². The topological polar surface area (TPSA) is 9.23 Å². The molecule has 1 aromatic carbocycles. The van der Waals surface area contributed by atoms with E-state index in [9.17, 15) is 13.2 Å². The maximum Gasteiger partial charge on any atom is 0.523 e. The van der Waals surface area contributed by atoms with Crippen molar-refractivity contribution in [1.82, 2.24) is 0 Å². The largest absolute Gasteiger partial charge is 0.523 e. The standard InChI is InChI=1S/C27H36F4O/c1-20(2)7-6-8-21-11-13-22(14-12-21)15-17-26(32-27(29,30)31)18-16-24(19-25(26)28)23-9-4-3-5-10-23/h3-5,9-10,16,18-22,25H,6-8,11-15,17H2,1-2H3. The normalized spacial score (nSPS) is 28.7. The zero-order valence-electron chi connectivity index (χ0n) is 19.2. The first-order chi connectivity index (χ1) is 15.2. The van der Waals surface area contributed by atoms with Crippen LogP contribution in [0.3, 0.4) is 0 Å². The summed E-state index contributed by atoms with van der Waals surface area (Å²) in [5, 5.41) is 0. The summed E-state index contributed by atoms with van der Waals surface area (Å²) in [7, 11) is 0. The first kappa shape index (κ1) is 25.0. The molecule has 2 unspecified atom stereocenters. The van der Waals surface area contributed by atoms with Crippen molar-refractivity contribution in [2.45, 2.75) is 89.8 Å². The van der Waals surface area contributed by atoms with E-state index >= 15 is 4.39 Å². The molecule has 178 valence electrons. The molecule has 0 radical (unpaired) electrons. The fraction of sp³-hybridized carbons (Fsp3) is 0.630. The molecule has 0 amide bonds. The quantitative estimate of drug-likeness (QED) is 0.341. The fourth-order valence-corrected chi connectivity index (χ4v) is 5.13. The third kappa shape index (κ3) is 7.19. The number of hydrogen-bond acceptors (Lipinski definition) is 1. The maximum absolute atomic E-state index is 15.2. The van der Waals surface area contributed by atoms with Crippen molar-refractivity contribution in [2.24, 2.45) is 17.8 Å². The fourth-order valence-electron chi connectivity index (χ4n) is 5.13. The monoisotopic (exact) mass is 452 g/mol. The lowest BCUT2D eigenvalue weighted by Crippen LogP contribution is -2.45. The highest BCUT2D eigenvalue weighted by atomic mass is 19.4. The predicted octanol–water partition coefficient (Wildman–Crippen LogP) is 8.67. The molecule has 3 rings (SSSR count). The summed E-state index contributed by atoms with van der Waals surface area (Å²) in [6.45, 7) is 4.48. The van der Waals surface area contributed by atoms with E-state index in [1.807, 2.05) is 30.3 Å². The Bertz CT molecular complexity index is 760. The van der Waals surface area contributed by atoms with Crippen molar-refractivity contribution in [2.75, 3.05) is 0 Å². The van der Waals surface area contributed by atoms with Gasteiger partial charge in [0.15, 0.2) is 6.17 Å². The van der Waals surface area contributed by atoms with E-state index in [2.05, 4.69) is 18.6 Å². The Morgan fingerprint density at radius 1 is 1.00 bits per heavy atom. The van der Waals surface area contributed by atoms with E-state index < -0.39 is 18.1 Å². The average Bonchev–Trinajstić information content (AvgIpc) is 2.74. The summed E-state index contributed by atoms with van der Waals surface area (Å²) >= 11 is 0. The lowest BCUT2D eigenvalue weighted by atomic mass is 9.75. The molecule has 0 saturated heterocycles. The van der Waals surface area contributed by atoms with Crippen molar-refractivity contribution in [3.05, 3.63) is 54.1 Å². The van der Waals surface area contributed by atoms with Crippen LogP contribution < -0.4 is 0 Å². The van der Waals surface area contributed by atoms with Crippen LogP contribution in [0, 0.1) is 17.8 Å². The van der Waals surface area contributed by atoms with Gasteiger partial charge in [-0.15, -0.1) is 13.2 Å². The molecule has 1 saturated carbocycles. The van der Waals surface area contributed by atoms with Crippen molar-refractivity contribution < 1.29 is 22.3 Å². The SMILES string of the molecule is CC(C)CCCC1CCC(CCC2(OC(F)(F)F)C=CC(c3ccccc3)=CC2F)CC1. The average molecular weight is 453 g/mol. The highest BCUT2D eigenvalue weighted by Crippen LogP contribution is 2.42. The van der Waals surface area contributed by atoms with Crippen molar-refractivity contribution in [3.63, 3.8) is 0 Å². The van der Waals surface area contributed by atoms with Crippen molar-refractivity contribution in [3.8, 4) is 0 Å². The van der Waals surface area contributed by atoms with Gasteiger partial charge in [0, 0.05) is 0 Å². The second-order valence-corrected chi connectivity index (χ2v) is 9.98. The van der Waals surface area contributed by atoms with E-state index in [4.69, 9.17) is 0 Å². The number of ether oxygens (including phenoxy) is 1. The molecule has 2 aliphatic carbocycles. The summed E-state index contributed by atoms with van der Waals surface area (Å²) in [6, 6.07) is 9.13. The number of benzene rings is 1. The molecular formula is C27H36F4O. The van der Waals surface area contributed by atoms with Gasteiger partial charge in [0.05, 0.1) is 0 Å². The van der Waals surface area contributed by atoms with Gasteiger partial charge in [-0.3, -0.25) is 4.74 Å². The van der Waals surface area contributed by atoms with Gasteiger partial charge in [-0.1, -0.05) is 95.2 Å². The van der Waals surface area contributed by atoms with Crippen LogP contribution in [0.4, 0.5) is 17.6 Å². The van der Waals surface area contributed by atoms with Crippen LogP contribution in [0.5, 0.6) is 0 Å². The first-order valence-corrected chi connectivity index (χ1v) is 12.0. The highest BCUT2D eigenvalue weighted by molar-refractivity contribution is 5.76. The molecule has 1 aromatic rings. The third-order valence-electron chi connectivity index (χ3n) is 7.05. The molecule has 2 atom stereocenters. The maximum atomic E-state index is 15.2. The van der Waals surface area contributed by atoms with Gasteiger partial charge in [0.2, 0.25) is 0 Å². The van der Waals surface area contributed by atoms with Gasteiger partial charge in [0.1, 0.15) is 5.60 Å². The van der Waals surface area contributed by atoms with Crippen LogP contribution in [-0.2, 0) is 4.74 Å². The van der Waals surface area contributed by atoms with Crippen molar-refractivity contribution in [1.29, 1.82) is 0 Å². The smallest absolute Gasteiger partial charge is 0.278 e. The molecule has 1 nitrogen and oxygen atoms in total. The molecule has 0 spiro atoms. The molecule has 0 aromatic heterocycles. The summed E-state index contributed by atoms with van der Waals surface area (Å²) in [5.41, 5.74) is -0.617. The molecule has 0 bridgehead atoms. The lowest BCUT2D eigenvalue weighted by molar-refractivity contribution is -0.365. The van der Waals surface area contributed by atoms with Crippen LogP contribution in [0.15, 0.2) is 48.6 Å². The van der Waals surface area contributed by atoms with Gasteiger partial charge in [-0.05, 0) is 53.9 Å². The van der Waals surface area contributed by atoms with E-state index in [1.165, 1.54) is 31.4 Å². The Morgan fingerprint density at radius 2 is 1.62 bits per heavy atom. The van der Waals surface area contributed by atoms with Crippen LogP contribution in [0.2, 0.25) is 0 Å². The van der Waals surface area contributed by atoms with Crippen LogP contribution in [-0.4, -0.2) is 18.1 Å². The second kappa shape index (κ2) is 11.0. The number of allylic oxidation sites excluding steroid dienone is 2. The minimum Gasteiger partial charge on any atom is -0.278 e. The zero-order chi connectivity index (χ0) is 23.2. The van der Waals surface area contributed by atoms with Crippen molar-refractivity contribution >= 4 is 5.57 Å². The van der Waals surface area contributed by atoms with Gasteiger partial charge in [-0.25, -0.2) is 4.39 Å².